The Balaban J connectivity index is 1.57. The molecule has 1 aliphatic carbocycles. The molecule has 0 heterocycles. The van der Waals surface area contributed by atoms with E-state index in [2.05, 4.69) is 17.4 Å². The van der Waals surface area contributed by atoms with Gasteiger partial charge in [-0.2, -0.15) is 0 Å². The van der Waals surface area contributed by atoms with Crippen molar-refractivity contribution in [2.45, 2.75) is 45.3 Å². The Bertz CT molecular complexity index is 742. The molecule has 4 nitrogen and oxygen atoms in total. The maximum atomic E-state index is 12.3. The molecule has 4 heteroatoms. The van der Waals surface area contributed by atoms with Crippen LogP contribution in [-0.2, 0) is 24.2 Å². The van der Waals surface area contributed by atoms with Crippen LogP contribution in [-0.4, -0.2) is 19.1 Å². The minimum atomic E-state index is -0.545. The van der Waals surface area contributed by atoms with Crippen LogP contribution in [0, 0.1) is 0 Å². The van der Waals surface area contributed by atoms with E-state index < -0.39 is 6.10 Å². The molecule has 0 saturated heterocycles. The number of rotatable bonds is 6. The number of methoxy groups -OCH3 is 1. The smallest absolute Gasteiger partial charge is 0.261 e. The van der Waals surface area contributed by atoms with Gasteiger partial charge in [0, 0.05) is 12.1 Å². The van der Waals surface area contributed by atoms with Gasteiger partial charge in [-0.15, -0.1) is 0 Å². The molecule has 132 valence electrons. The second-order valence-corrected chi connectivity index (χ2v) is 6.43. The number of nitrogens with one attached hydrogen (secondary N) is 1. The van der Waals surface area contributed by atoms with E-state index in [0.717, 1.165) is 29.9 Å². The Hall–Kier alpha value is -2.49. The molecule has 0 aliphatic heterocycles. The Morgan fingerprint density at radius 1 is 1.12 bits per heavy atom. The van der Waals surface area contributed by atoms with Crippen LogP contribution in [0.1, 0.15) is 36.5 Å². The largest absolute Gasteiger partial charge is 0.496 e. The number of benzene rings is 2. The number of para-hydroxylation sites is 1. The van der Waals surface area contributed by atoms with Crippen molar-refractivity contribution < 1.29 is 14.3 Å². The van der Waals surface area contributed by atoms with Gasteiger partial charge in [-0.05, 0) is 61.9 Å². The molecule has 0 radical (unpaired) electrons. The SMILES string of the molecule is COc1ccccc1CNC(=O)C(C)Oc1ccc2c(c1)CCCC2. The van der Waals surface area contributed by atoms with Crippen molar-refractivity contribution in [3.05, 3.63) is 59.2 Å². The summed E-state index contributed by atoms with van der Waals surface area (Å²) in [5, 5.41) is 2.91. The van der Waals surface area contributed by atoms with Crippen LogP contribution in [0.2, 0.25) is 0 Å². The van der Waals surface area contributed by atoms with Crippen LogP contribution in [0.5, 0.6) is 11.5 Å². The minimum absolute atomic E-state index is 0.136. The number of fused-ring (bicyclic) bond motifs is 1. The van der Waals surface area contributed by atoms with Gasteiger partial charge in [0.25, 0.3) is 5.91 Å². The molecule has 0 bridgehead atoms. The van der Waals surface area contributed by atoms with Gasteiger partial charge >= 0.3 is 0 Å². The summed E-state index contributed by atoms with van der Waals surface area (Å²) in [6, 6.07) is 13.8. The maximum absolute atomic E-state index is 12.3. The van der Waals surface area contributed by atoms with E-state index in [4.69, 9.17) is 9.47 Å². The number of aryl methyl sites for hydroxylation is 2. The molecule has 0 aromatic heterocycles. The molecule has 1 amide bonds. The number of hydrogen-bond donors (Lipinski definition) is 1. The normalized spacial score (nSPS) is 14.3. The fraction of sp³-hybridized carbons (Fsp3) is 0.381. The van der Waals surface area contributed by atoms with Crippen LogP contribution in [0.25, 0.3) is 0 Å². The summed E-state index contributed by atoms with van der Waals surface area (Å²) in [4.78, 5) is 12.3. The molecular formula is C21H25NO3. The summed E-state index contributed by atoms with van der Waals surface area (Å²) in [5.74, 6) is 1.40. The lowest BCUT2D eigenvalue weighted by atomic mass is 9.92. The second kappa shape index (κ2) is 8.06. The number of hydrogen-bond acceptors (Lipinski definition) is 3. The van der Waals surface area contributed by atoms with Crippen LogP contribution in [0.15, 0.2) is 42.5 Å². The Morgan fingerprint density at radius 3 is 2.68 bits per heavy atom. The first-order chi connectivity index (χ1) is 12.2. The fourth-order valence-electron chi connectivity index (χ4n) is 3.22. The summed E-state index contributed by atoms with van der Waals surface area (Å²) in [6.45, 7) is 2.19. The van der Waals surface area contributed by atoms with E-state index >= 15 is 0 Å². The predicted octanol–water partition coefficient (Wildman–Crippen LogP) is 3.66. The van der Waals surface area contributed by atoms with Crippen LogP contribution in [0.4, 0.5) is 0 Å². The first-order valence-corrected chi connectivity index (χ1v) is 8.85. The highest BCUT2D eigenvalue weighted by molar-refractivity contribution is 5.80. The van der Waals surface area contributed by atoms with E-state index in [-0.39, 0.29) is 5.91 Å². The predicted molar refractivity (Wildman–Crippen MR) is 98.0 cm³/mol. The molecular weight excluding hydrogens is 314 g/mol. The van der Waals surface area contributed by atoms with Crippen LogP contribution < -0.4 is 14.8 Å². The lowest BCUT2D eigenvalue weighted by Crippen LogP contribution is -2.36. The minimum Gasteiger partial charge on any atom is -0.496 e. The highest BCUT2D eigenvalue weighted by Crippen LogP contribution is 2.26. The highest BCUT2D eigenvalue weighted by Gasteiger charge is 2.16. The Morgan fingerprint density at radius 2 is 1.88 bits per heavy atom. The third-order valence-electron chi connectivity index (χ3n) is 4.65. The Kier molecular flexibility index (Phi) is 5.59. The highest BCUT2D eigenvalue weighted by atomic mass is 16.5. The topological polar surface area (TPSA) is 47.6 Å². The van der Waals surface area contributed by atoms with Gasteiger partial charge in [-0.3, -0.25) is 4.79 Å². The molecule has 1 unspecified atom stereocenters. The fourth-order valence-corrected chi connectivity index (χ4v) is 3.22. The first kappa shape index (κ1) is 17.3. The average Bonchev–Trinajstić information content (AvgIpc) is 2.66. The first-order valence-electron chi connectivity index (χ1n) is 8.85. The van der Waals surface area contributed by atoms with Gasteiger partial charge in [0.1, 0.15) is 11.5 Å². The average molecular weight is 339 g/mol. The molecule has 25 heavy (non-hydrogen) atoms. The lowest BCUT2D eigenvalue weighted by molar-refractivity contribution is -0.127. The Labute approximate surface area is 149 Å². The van der Waals surface area contributed by atoms with Crippen molar-refractivity contribution in [1.29, 1.82) is 0 Å². The van der Waals surface area contributed by atoms with Crippen LogP contribution in [0.3, 0.4) is 0 Å². The molecule has 1 N–H and O–H groups in total. The zero-order chi connectivity index (χ0) is 17.6. The third kappa shape index (κ3) is 4.32. The summed E-state index contributed by atoms with van der Waals surface area (Å²) in [5.41, 5.74) is 3.71. The summed E-state index contributed by atoms with van der Waals surface area (Å²) in [6.07, 6.45) is 4.18. The second-order valence-electron chi connectivity index (χ2n) is 6.43. The van der Waals surface area contributed by atoms with Gasteiger partial charge < -0.3 is 14.8 Å². The molecule has 3 rings (SSSR count). The van der Waals surface area contributed by atoms with Crippen molar-refractivity contribution >= 4 is 5.91 Å². The summed E-state index contributed by atoms with van der Waals surface area (Å²) < 4.78 is 11.1. The molecule has 0 spiro atoms. The van der Waals surface area contributed by atoms with E-state index in [1.54, 1.807) is 14.0 Å². The zero-order valence-electron chi connectivity index (χ0n) is 14.9. The third-order valence-corrected chi connectivity index (χ3v) is 4.65. The van der Waals surface area contributed by atoms with Gasteiger partial charge in [0.15, 0.2) is 6.10 Å². The summed E-state index contributed by atoms with van der Waals surface area (Å²) in [7, 11) is 1.63. The van der Waals surface area contributed by atoms with Crippen molar-refractivity contribution in [3.8, 4) is 11.5 Å². The van der Waals surface area contributed by atoms with E-state index in [1.165, 1.54) is 24.0 Å². The summed E-state index contributed by atoms with van der Waals surface area (Å²) >= 11 is 0. The van der Waals surface area contributed by atoms with Crippen LogP contribution >= 0.6 is 0 Å². The molecule has 1 atom stereocenters. The standard InChI is InChI=1S/C21H25NO3/c1-15(21(23)22-14-18-9-5-6-10-20(18)24-2)25-19-12-11-16-7-3-4-8-17(16)13-19/h5-6,9-13,15H,3-4,7-8,14H2,1-2H3,(H,22,23). The molecule has 1 aliphatic rings. The van der Waals surface area contributed by atoms with Gasteiger partial charge in [-0.1, -0.05) is 24.3 Å². The molecule has 2 aromatic rings. The maximum Gasteiger partial charge on any atom is 0.261 e. The zero-order valence-corrected chi connectivity index (χ0v) is 14.9. The molecule has 0 saturated carbocycles. The number of ether oxygens (including phenoxy) is 2. The van der Waals surface area contributed by atoms with Crippen molar-refractivity contribution in [3.63, 3.8) is 0 Å². The number of amides is 1. The monoisotopic (exact) mass is 339 g/mol. The van der Waals surface area contributed by atoms with E-state index in [9.17, 15) is 4.79 Å². The van der Waals surface area contributed by atoms with Gasteiger partial charge in [-0.25, -0.2) is 0 Å². The van der Waals surface area contributed by atoms with Crippen molar-refractivity contribution in [2.75, 3.05) is 7.11 Å². The molecule has 0 fully saturated rings. The van der Waals surface area contributed by atoms with E-state index in [1.807, 2.05) is 30.3 Å². The van der Waals surface area contributed by atoms with Gasteiger partial charge in [0.2, 0.25) is 0 Å². The van der Waals surface area contributed by atoms with Crippen molar-refractivity contribution in [1.82, 2.24) is 5.32 Å². The molecule has 2 aromatic carbocycles. The quantitative estimate of drug-likeness (QED) is 0.874. The number of carbonyl (C=O) groups excluding carboxylic acids is 1. The van der Waals surface area contributed by atoms with E-state index in [0.29, 0.717) is 6.54 Å². The van der Waals surface area contributed by atoms with Crippen molar-refractivity contribution in [2.24, 2.45) is 0 Å². The number of carbonyl (C=O) groups is 1. The lowest BCUT2D eigenvalue weighted by Gasteiger charge is -2.19. The van der Waals surface area contributed by atoms with Gasteiger partial charge in [0.05, 0.1) is 7.11 Å².